The second-order valence-corrected chi connectivity index (χ2v) is 12.2. The summed E-state index contributed by atoms with van der Waals surface area (Å²) in [4.78, 5) is 32.0. The highest BCUT2D eigenvalue weighted by molar-refractivity contribution is 6.00. The standard InChI is InChI=1S/C35H34N2O4/c1-21-18-28-29(19-22(21)2)41-31(36-28)25-8-6-7-9-26(25)32(38)37-17-15-30-34(3,4)27(14-16-35(30,5)20-37)23-10-12-24(13-11-23)33(39)40/h6-15,18-19H,16-17,20H2,1-5H3,(H,39,40)/t35-/m1/s1. The van der Waals surface area contributed by atoms with Gasteiger partial charge in [-0.2, -0.15) is 0 Å². The van der Waals surface area contributed by atoms with Crippen LogP contribution in [0.1, 0.15) is 64.6 Å². The van der Waals surface area contributed by atoms with Gasteiger partial charge in [0.25, 0.3) is 5.91 Å². The number of amides is 1. The van der Waals surface area contributed by atoms with Gasteiger partial charge in [-0.1, -0.05) is 62.8 Å². The number of carboxylic acids is 1. The average Bonchev–Trinajstić information content (AvgIpc) is 3.34. The summed E-state index contributed by atoms with van der Waals surface area (Å²) >= 11 is 0. The molecule has 208 valence electrons. The highest BCUT2D eigenvalue weighted by Crippen LogP contribution is 2.55. The zero-order valence-electron chi connectivity index (χ0n) is 24.1. The first-order chi connectivity index (χ1) is 19.5. The molecule has 0 bridgehead atoms. The Morgan fingerprint density at radius 1 is 0.951 bits per heavy atom. The molecule has 6 rings (SSSR count). The number of rotatable bonds is 4. The van der Waals surface area contributed by atoms with Crippen LogP contribution in [0.25, 0.3) is 28.1 Å². The van der Waals surface area contributed by atoms with E-state index < -0.39 is 5.97 Å². The quantitative estimate of drug-likeness (QED) is 0.265. The highest BCUT2D eigenvalue weighted by atomic mass is 16.4. The molecule has 0 saturated carbocycles. The van der Waals surface area contributed by atoms with E-state index >= 15 is 0 Å². The van der Waals surface area contributed by atoms with Gasteiger partial charge in [0.15, 0.2) is 5.58 Å². The lowest BCUT2D eigenvalue weighted by molar-refractivity contribution is 0.0679. The molecular formula is C35H34N2O4. The minimum atomic E-state index is -0.927. The fourth-order valence-electron chi connectivity index (χ4n) is 6.68. The van der Waals surface area contributed by atoms with E-state index in [1.165, 1.54) is 11.1 Å². The molecule has 1 aliphatic carbocycles. The lowest BCUT2D eigenvalue weighted by Crippen LogP contribution is -2.48. The van der Waals surface area contributed by atoms with Crippen LogP contribution in [0.3, 0.4) is 0 Å². The number of hydrogen-bond acceptors (Lipinski definition) is 4. The van der Waals surface area contributed by atoms with Crippen molar-refractivity contribution < 1.29 is 19.1 Å². The Hall–Kier alpha value is -4.45. The number of nitrogens with zero attached hydrogens (tertiary/aromatic N) is 2. The number of hydrogen-bond donors (Lipinski definition) is 1. The van der Waals surface area contributed by atoms with E-state index in [2.05, 4.69) is 39.8 Å². The second-order valence-electron chi connectivity index (χ2n) is 12.2. The second kappa shape index (κ2) is 9.58. The van der Waals surface area contributed by atoms with Crippen molar-refractivity contribution in [2.75, 3.05) is 13.1 Å². The molecule has 4 aromatic rings. The topological polar surface area (TPSA) is 83.6 Å². The molecule has 0 radical (unpaired) electrons. The van der Waals surface area contributed by atoms with Crippen LogP contribution in [0.2, 0.25) is 0 Å². The van der Waals surface area contributed by atoms with Gasteiger partial charge in [-0.3, -0.25) is 4.79 Å². The summed E-state index contributed by atoms with van der Waals surface area (Å²) in [6.45, 7) is 11.9. The van der Waals surface area contributed by atoms with Gasteiger partial charge in [0, 0.05) is 29.5 Å². The number of fused-ring (bicyclic) bond motifs is 2. The molecule has 3 aromatic carbocycles. The van der Waals surface area contributed by atoms with Crippen molar-refractivity contribution in [1.29, 1.82) is 0 Å². The number of carbonyl (C=O) groups excluding carboxylic acids is 1. The van der Waals surface area contributed by atoms with Crippen LogP contribution in [-0.4, -0.2) is 40.0 Å². The largest absolute Gasteiger partial charge is 0.478 e. The monoisotopic (exact) mass is 546 g/mol. The van der Waals surface area contributed by atoms with E-state index in [-0.39, 0.29) is 22.3 Å². The molecule has 41 heavy (non-hydrogen) atoms. The van der Waals surface area contributed by atoms with Crippen LogP contribution < -0.4 is 0 Å². The molecule has 1 amide bonds. The van der Waals surface area contributed by atoms with E-state index in [0.717, 1.165) is 28.6 Å². The molecule has 6 heteroatoms. The number of aromatic nitrogens is 1. The molecule has 1 N–H and O–H groups in total. The number of aryl methyl sites for hydroxylation is 2. The van der Waals surface area contributed by atoms with Crippen molar-refractivity contribution in [3.63, 3.8) is 0 Å². The van der Waals surface area contributed by atoms with Gasteiger partial charge < -0.3 is 14.4 Å². The van der Waals surface area contributed by atoms with Crippen molar-refractivity contribution in [3.8, 4) is 11.5 Å². The number of aromatic carboxylic acids is 1. The first kappa shape index (κ1) is 26.8. The van der Waals surface area contributed by atoms with Crippen LogP contribution in [-0.2, 0) is 0 Å². The first-order valence-corrected chi connectivity index (χ1v) is 14.0. The molecule has 0 fully saturated rings. The van der Waals surface area contributed by atoms with E-state index in [4.69, 9.17) is 9.40 Å². The summed E-state index contributed by atoms with van der Waals surface area (Å²) in [6, 6.07) is 18.7. The van der Waals surface area contributed by atoms with E-state index in [0.29, 0.717) is 35.7 Å². The minimum absolute atomic E-state index is 0.0383. The predicted molar refractivity (Wildman–Crippen MR) is 161 cm³/mol. The van der Waals surface area contributed by atoms with Crippen LogP contribution in [0.15, 0.2) is 82.8 Å². The molecule has 0 saturated heterocycles. The maximum absolute atomic E-state index is 14.0. The summed E-state index contributed by atoms with van der Waals surface area (Å²) in [6.07, 6.45) is 5.26. The lowest BCUT2D eigenvalue weighted by Gasteiger charge is -2.50. The van der Waals surface area contributed by atoms with Gasteiger partial charge in [0.05, 0.1) is 11.1 Å². The fourth-order valence-corrected chi connectivity index (χ4v) is 6.68. The van der Waals surface area contributed by atoms with Crippen molar-refractivity contribution >= 4 is 28.5 Å². The highest BCUT2D eigenvalue weighted by Gasteiger charge is 2.46. The smallest absolute Gasteiger partial charge is 0.335 e. The lowest BCUT2D eigenvalue weighted by atomic mass is 9.58. The van der Waals surface area contributed by atoms with Crippen molar-refractivity contribution in [2.45, 2.75) is 41.0 Å². The van der Waals surface area contributed by atoms with Crippen LogP contribution in [0.4, 0.5) is 0 Å². The Balaban J connectivity index is 1.30. The summed E-state index contributed by atoms with van der Waals surface area (Å²) in [7, 11) is 0. The first-order valence-electron chi connectivity index (χ1n) is 14.0. The van der Waals surface area contributed by atoms with Gasteiger partial charge in [-0.25, -0.2) is 9.78 Å². The third-order valence-corrected chi connectivity index (χ3v) is 8.93. The normalized spacial score (nSPS) is 19.9. The Morgan fingerprint density at radius 2 is 1.66 bits per heavy atom. The summed E-state index contributed by atoms with van der Waals surface area (Å²) in [5.74, 6) is -0.513. The predicted octanol–water partition coefficient (Wildman–Crippen LogP) is 7.71. The van der Waals surface area contributed by atoms with Crippen molar-refractivity contribution in [2.24, 2.45) is 10.8 Å². The van der Waals surface area contributed by atoms with Crippen LogP contribution in [0.5, 0.6) is 0 Å². The van der Waals surface area contributed by atoms with Gasteiger partial charge in [0.2, 0.25) is 5.89 Å². The molecule has 2 aliphatic rings. The fraction of sp³-hybridized carbons (Fsp3) is 0.286. The summed E-state index contributed by atoms with van der Waals surface area (Å²) < 4.78 is 6.14. The zero-order valence-corrected chi connectivity index (χ0v) is 24.1. The van der Waals surface area contributed by atoms with Gasteiger partial charge in [-0.05, 0) is 78.9 Å². The molecule has 2 heterocycles. The number of oxazole rings is 1. The maximum atomic E-state index is 14.0. The molecule has 0 unspecified atom stereocenters. The number of carbonyl (C=O) groups is 2. The summed E-state index contributed by atoms with van der Waals surface area (Å²) in [5, 5.41) is 9.30. The van der Waals surface area contributed by atoms with Gasteiger partial charge in [-0.15, -0.1) is 0 Å². The van der Waals surface area contributed by atoms with E-state index in [1.807, 2.05) is 60.4 Å². The van der Waals surface area contributed by atoms with Crippen molar-refractivity contribution in [3.05, 3.63) is 106 Å². The molecule has 1 aliphatic heterocycles. The Bertz CT molecular complexity index is 1730. The third-order valence-electron chi connectivity index (χ3n) is 8.93. The van der Waals surface area contributed by atoms with Crippen LogP contribution in [0, 0.1) is 24.7 Å². The Kier molecular flexibility index (Phi) is 6.25. The minimum Gasteiger partial charge on any atom is -0.478 e. The molecular weight excluding hydrogens is 512 g/mol. The molecule has 1 atom stereocenters. The zero-order chi connectivity index (χ0) is 29.1. The Labute approximate surface area is 240 Å². The molecule has 0 spiro atoms. The van der Waals surface area contributed by atoms with E-state index in [1.54, 1.807) is 12.1 Å². The van der Waals surface area contributed by atoms with Gasteiger partial charge >= 0.3 is 5.97 Å². The number of allylic oxidation sites excluding steroid dienone is 2. The average molecular weight is 547 g/mol. The molecule has 1 aromatic heterocycles. The SMILES string of the molecule is Cc1cc2nc(-c3ccccc3C(=O)N3CC=C4C(C)(C)C(c5ccc(C(=O)O)cc5)=CC[C@]4(C)C3)oc2cc1C. The summed E-state index contributed by atoms with van der Waals surface area (Å²) in [5.41, 5.74) is 8.38. The van der Waals surface area contributed by atoms with Gasteiger partial charge in [0.1, 0.15) is 5.52 Å². The number of benzene rings is 3. The van der Waals surface area contributed by atoms with Crippen molar-refractivity contribution in [1.82, 2.24) is 9.88 Å². The number of carboxylic acid groups (broad SMARTS) is 1. The third kappa shape index (κ3) is 4.48. The Morgan fingerprint density at radius 3 is 2.39 bits per heavy atom. The molecule has 6 nitrogen and oxygen atoms in total. The van der Waals surface area contributed by atoms with Crippen LogP contribution >= 0.6 is 0 Å². The maximum Gasteiger partial charge on any atom is 0.335 e. The van der Waals surface area contributed by atoms with E-state index in [9.17, 15) is 14.7 Å².